The summed E-state index contributed by atoms with van der Waals surface area (Å²) in [7, 11) is -3.68. The summed E-state index contributed by atoms with van der Waals surface area (Å²) in [4.78, 5) is 4.36. The standard InChI is InChI=1S/C19H24N2O2S/c1-2-3-9-19(10-11-19)16-6-4-15(5-7-16)13-17-14-18(8-12-21-17)24(20,22)23/h4-8,12,14H,2-3,9-11,13H2,1H3,(H2,20,22,23). The van der Waals surface area contributed by atoms with E-state index < -0.39 is 10.0 Å². The number of benzene rings is 1. The van der Waals surface area contributed by atoms with Crippen LogP contribution in [0.5, 0.6) is 0 Å². The Bertz CT molecular complexity index is 810. The lowest BCUT2D eigenvalue weighted by atomic mass is 9.89. The number of rotatable bonds is 7. The van der Waals surface area contributed by atoms with Crippen LogP contribution in [0.2, 0.25) is 0 Å². The Labute approximate surface area is 144 Å². The van der Waals surface area contributed by atoms with Crippen LogP contribution in [0.4, 0.5) is 0 Å². The Morgan fingerprint density at radius 1 is 1.17 bits per heavy atom. The molecular weight excluding hydrogens is 320 g/mol. The Morgan fingerprint density at radius 3 is 2.46 bits per heavy atom. The van der Waals surface area contributed by atoms with Gasteiger partial charge in [-0.15, -0.1) is 0 Å². The molecule has 3 rings (SSSR count). The Morgan fingerprint density at radius 2 is 1.88 bits per heavy atom. The first-order valence-corrected chi connectivity index (χ1v) is 10.0. The molecule has 128 valence electrons. The minimum atomic E-state index is -3.68. The molecule has 1 aromatic carbocycles. The lowest BCUT2D eigenvalue weighted by Gasteiger charge is -2.15. The summed E-state index contributed by atoms with van der Waals surface area (Å²) >= 11 is 0. The highest BCUT2D eigenvalue weighted by atomic mass is 32.2. The highest BCUT2D eigenvalue weighted by molar-refractivity contribution is 7.89. The van der Waals surface area contributed by atoms with Crippen LogP contribution >= 0.6 is 0 Å². The zero-order valence-corrected chi connectivity index (χ0v) is 14.8. The predicted molar refractivity (Wildman–Crippen MR) is 95.3 cm³/mol. The van der Waals surface area contributed by atoms with Gasteiger partial charge in [0.25, 0.3) is 0 Å². The fourth-order valence-electron chi connectivity index (χ4n) is 3.26. The second kappa shape index (κ2) is 6.65. The van der Waals surface area contributed by atoms with E-state index in [4.69, 9.17) is 5.14 Å². The molecular formula is C19H24N2O2S. The number of hydrogen-bond donors (Lipinski definition) is 1. The topological polar surface area (TPSA) is 73.1 Å². The van der Waals surface area contributed by atoms with Gasteiger partial charge in [-0.2, -0.15) is 0 Å². The van der Waals surface area contributed by atoms with E-state index in [2.05, 4.69) is 36.2 Å². The van der Waals surface area contributed by atoms with E-state index in [1.54, 1.807) is 6.07 Å². The van der Waals surface area contributed by atoms with Gasteiger partial charge in [0, 0.05) is 18.3 Å². The maximum absolute atomic E-state index is 11.4. The van der Waals surface area contributed by atoms with Gasteiger partial charge in [-0.05, 0) is 47.9 Å². The molecule has 0 radical (unpaired) electrons. The Hall–Kier alpha value is -1.72. The minimum Gasteiger partial charge on any atom is -0.261 e. The van der Waals surface area contributed by atoms with Crippen LogP contribution in [-0.4, -0.2) is 13.4 Å². The maximum Gasteiger partial charge on any atom is 0.238 e. The van der Waals surface area contributed by atoms with E-state index in [0.29, 0.717) is 17.5 Å². The Balaban J connectivity index is 1.73. The molecule has 0 unspecified atom stereocenters. The minimum absolute atomic E-state index is 0.112. The summed E-state index contributed by atoms with van der Waals surface area (Å²) in [5.41, 5.74) is 3.69. The number of unbranched alkanes of at least 4 members (excludes halogenated alkanes) is 1. The first-order chi connectivity index (χ1) is 11.4. The van der Waals surface area contributed by atoms with Crippen molar-refractivity contribution in [3.63, 3.8) is 0 Å². The van der Waals surface area contributed by atoms with Crippen LogP contribution in [-0.2, 0) is 21.9 Å². The number of aromatic nitrogens is 1. The second-order valence-corrected chi connectivity index (χ2v) is 8.35. The molecule has 1 aliphatic carbocycles. The first kappa shape index (κ1) is 17.1. The number of pyridine rings is 1. The van der Waals surface area contributed by atoms with Crippen LogP contribution in [0.3, 0.4) is 0 Å². The molecule has 0 amide bonds. The van der Waals surface area contributed by atoms with Gasteiger partial charge >= 0.3 is 0 Å². The third kappa shape index (κ3) is 3.84. The zero-order valence-electron chi connectivity index (χ0n) is 14.0. The third-order valence-electron chi connectivity index (χ3n) is 4.93. The average molecular weight is 344 g/mol. The molecule has 1 fully saturated rings. The fourth-order valence-corrected chi connectivity index (χ4v) is 3.81. The van der Waals surface area contributed by atoms with Crippen LogP contribution in [0, 0.1) is 0 Å². The van der Waals surface area contributed by atoms with Crippen LogP contribution in [0.15, 0.2) is 47.5 Å². The van der Waals surface area contributed by atoms with Crippen molar-refractivity contribution in [2.24, 2.45) is 5.14 Å². The van der Waals surface area contributed by atoms with Gasteiger partial charge in [0.05, 0.1) is 4.90 Å². The molecule has 1 saturated carbocycles. The highest BCUT2D eigenvalue weighted by Crippen LogP contribution is 2.51. The van der Waals surface area contributed by atoms with E-state index in [1.807, 2.05) is 0 Å². The van der Waals surface area contributed by atoms with Gasteiger partial charge in [-0.1, -0.05) is 44.0 Å². The summed E-state index contributed by atoms with van der Waals surface area (Å²) in [5.74, 6) is 0. The number of primary sulfonamides is 1. The number of nitrogens with two attached hydrogens (primary N) is 1. The first-order valence-electron chi connectivity index (χ1n) is 8.50. The average Bonchev–Trinajstić information content (AvgIpc) is 3.34. The van der Waals surface area contributed by atoms with Crippen LogP contribution in [0.25, 0.3) is 0 Å². The molecule has 24 heavy (non-hydrogen) atoms. The van der Waals surface area contributed by atoms with Crippen molar-refractivity contribution in [1.82, 2.24) is 4.98 Å². The molecule has 5 heteroatoms. The smallest absolute Gasteiger partial charge is 0.238 e. The van der Waals surface area contributed by atoms with E-state index in [0.717, 1.165) is 5.56 Å². The third-order valence-corrected chi connectivity index (χ3v) is 5.84. The quantitative estimate of drug-likeness (QED) is 0.835. The molecule has 1 heterocycles. The summed E-state index contributed by atoms with van der Waals surface area (Å²) in [6, 6.07) is 11.7. The molecule has 0 saturated heterocycles. The van der Waals surface area contributed by atoms with Crippen molar-refractivity contribution in [2.45, 2.75) is 55.8 Å². The van der Waals surface area contributed by atoms with E-state index >= 15 is 0 Å². The van der Waals surface area contributed by atoms with Gasteiger partial charge in [0.2, 0.25) is 10.0 Å². The molecule has 0 atom stereocenters. The summed E-state index contributed by atoms with van der Waals surface area (Å²) in [6.07, 6.45) is 8.49. The molecule has 0 aliphatic heterocycles. The molecule has 0 bridgehead atoms. The summed E-state index contributed by atoms with van der Waals surface area (Å²) < 4.78 is 22.9. The lowest BCUT2D eigenvalue weighted by molar-refractivity contribution is 0.575. The van der Waals surface area contributed by atoms with Gasteiger partial charge in [0.1, 0.15) is 0 Å². The van der Waals surface area contributed by atoms with Crippen molar-refractivity contribution >= 4 is 10.0 Å². The van der Waals surface area contributed by atoms with Gasteiger partial charge in [-0.3, -0.25) is 4.98 Å². The molecule has 1 aromatic heterocycles. The lowest BCUT2D eigenvalue weighted by Crippen LogP contribution is -2.12. The van der Waals surface area contributed by atoms with Crippen molar-refractivity contribution < 1.29 is 8.42 Å². The normalized spacial score (nSPS) is 16.1. The van der Waals surface area contributed by atoms with E-state index in [9.17, 15) is 8.42 Å². The summed E-state index contributed by atoms with van der Waals surface area (Å²) in [5, 5.41) is 5.18. The monoisotopic (exact) mass is 344 g/mol. The maximum atomic E-state index is 11.4. The van der Waals surface area contributed by atoms with Crippen molar-refractivity contribution in [3.8, 4) is 0 Å². The number of nitrogens with zero attached hydrogens (tertiary/aromatic N) is 1. The zero-order chi connectivity index (χ0) is 17.2. The van der Waals surface area contributed by atoms with Crippen LogP contribution in [0.1, 0.15) is 55.8 Å². The van der Waals surface area contributed by atoms with E-state index in [-0.39, 0.29) is 4.90 Å². The largest absolute Gasteiger partial charge is 0.261 e. The number of hydrogen-bond acceptors (Lipinski definition) is 3. The predicted octanol–water partition coefficient (Wildman–Crippen LogP) is 3.54. The van der Waals surface area contributed by atoms with Gasteiger partial charge in [0.15, 0.2) is 0 Å². The second-order valence-electron chi connectivity index (χ2n) is 6.79. The fraction of sp³-hybridized carbons (Fsp3) is 0.421. The highest BCUT2D eigenvalue weighted by Gasteiger charge is 2.42. The van der Waals surface area contributed by atoms with Crippen LogP contribution < -0.4 is 5.14 Å². The molecule has 0 spiro atoms. The van der Waals surface area contributed by atoms with E-state index in [1.165, 1.54) is 49.9 Å². The SMILES string of the molecule is CCCCC1(c2ccc(Cc3cc(S(N)(=O)=O)ccn3)cc2)CC1. The van der Waals surface area contributed by atoms with Gasteiger partial charge in [-0.25, -0.2) is 13.6 Å². The van der Waals surface area contributed by atoms with Crippen molar-refractivity contribution in [2.75, 3.05) is 0 Å². The summed E-state index contributed by atoms with van der Waals surface area (Å²) in [6.45, 7) is 2.24. The van der Waals surface area contributed by atoms with Crippen molar-refractivity contribution in [1.29, 1.82) is 0 Å². The molecule has 4 nitrogen and oxygen atoms in total. The van der Waals surface area contributed by atoms with Crippen molar-refractivity contribution in [3.05, 3.63) is 59.4 Å². The Kier molecular flexibility index (Phi) is 4.74. The molecule has 2 aromatic rings. The number of sulfonamides is 1. The molecule has 2 N–H and O–H groups in total. The molecule has 1 aliphatic rings. The van der Waals surface area contributed by atoms with Gasteiger partial charge < -0.3 is 0 Å².